The summed E-state index contributed by atoms with van der Waals surface area (Å²) in [5.41, 5.74) is 7.02. The molecule has 1 radical (unpaired) electrons. The van der Waals surface area contributed by atoms with Crippen LogP contribution in [0.5, 0.6) is 0 Å². The van der Waals surface area contributed by atoms with Crippen LogP contribution in [-0.2, 0) is 37.3 Å². The Kier molecular flexibility index (Phi) is 8.55. The van der Waals surface area contributed by atoms with Crippen molar-refractivity contribution in [2.24, 2.45) is 5.41 Å². The summed E-state index contributed by atoms with van der Waals surface area (Å²) in [7, 11) is 0. The Morgan fingerprint density at radius 1 is 0.736 bits per heavy atom. The van der Waals surface area contributed by atoms with Crippen molar-refractivity contribution in [1.82, 2.24) is 19.9 Å². The van der Waals surface area contributed by atoms with Crippen molar-refractivity contribution in [1.29, 1.82) is 0 Å². The number of aromatic nitrogens is 4. The molecule has 273 valence electrons. The molecule has 3 aromatic carbocycles. The van der Waals surface area contributed by atoms with Gasteiger partial charge in [-0.05, 0) is 76.2 Å². The van der Waals surface area contributed by atoms with E-state index in [9.17, 15) is 0 Å². The zero-order chi connectivity index (χ0) is 41.3. The van der Waals surface area contributed by atoms with Crippen molar-refractivity contribution in [3.63, 3.8) is 0 Å². The third kappa shape index (κ3) is 7.97. The van der Waals surface area contributed by atoms with Crippen molar-refractivity contribution < 1.29 is 35.8 Å². The molecule has 7 heteroatoms. The standard InChI is InChI=1S/C31H30N3O2.C15H16N.Ir/c1-17-16-32-23(13-18(17)15-30(2,3)4)19-9-8-10-20-26-25(35-28(19)20)14-21-22(33-26)11-12-24-27(21)34-29(36-24)31(5,6)7;1-15(2,3)13-9-10-16-14(11-13)12-7-5-4-6-8-12;/h8,10-14,16H,15H2,1-7H3;4-7,9-11H,1-3H3;/q2*-1;/i1D3,15D2;;. The molecular formula is C46H46IrN4O2-2. The van der Waals surface area contributed by atoms with Crippen LogP contribution in [0.2, 0.25) is 0 Å². The Balaban J connectivity index is 0.000000280. The molecule has 5 aromatic heterocycles. The largest absolute Gasteiger partial charge is 0.499 e. The third-order valence-electron chi connectivity index (χ3n) is 8.66. The molecule has 0 aliphatic heterocycles. The molecule has 0 bridgehead atoms. The molecule has 53 heavy (non-hydrogen) atoms. The van der Waals surface area contributed by atoms with E-state index in [1.54, 1.807) is 26.8 Å². The summed E-state index contributed by atoms with van der Waals surface area (Å²) in [5, 5.41) is 1.55. The maximum absolute atomic E-state index is 8.87. The van der Waals surface area contributed by atoms with Crippen LogP contribution in [0.3, 0.4) is 0 Å². The number of fused-ring (bicyclic) bond motifs is 6. The minimum absolute atomic E-state index is 0. The van der Waals surface area contributed by atoms with Gasteiger partial charge in [-0.3, -0.25) is 0 Å². The van der Waals surface area contributed by atoms with Crippen molar-refractivity contribution in [2.75, 3.05) is 0 Å². The van der Waals surface area contributed by atoms with Crippen LogP contribution >= 0.6 is 0 Å². The predicted molar refractivity (Wildman–Crippen MR) is 212 cm³/mol. The molecule has 0 unspecified atom stereocenters. The first-order valence-corrected chi connectivity index (χ1v) is 17.5. The first kappa shape index (κ1) is 31.8. The van der Waals surface area contributed by atoms with Crippen LogP contribution in [0.4, 0.5) is 0 Å². The van der Waals surface area contributed by atoms with E-state index in [-0.39, 0.29) is 42.1 Å². The second-order valence-electron chi connectivity index (χ2n) is 16.2. The van der Waals surface area contributed by atoms with Gasteiger partial charge in [-0.2, -0.15) is 0 Å². The van der Waals surface area contributed by atoms with Gasteiger partial charge in [0.15, 0.2) is 5.58 Å². The Morgan fingerprint density at radius 2 is 1.53 bits per heavy atom. The van der Waals surface area contributed by atoms with E-state index in [1.165, 1.54) is 17.8 Å². The first-order valence-electron chi connectivity index (χ1n) is 20.0. The summed E-state index contributed by atoms with van der Waals surface area (Å²) in [6, 6.07) is 29.3. The number of aryl methyl sites for hydroxylation is 1. The van der Waals surface area contributed by atoms with Crippen molar-refractivity contribution in [3.05, 3.63) is 120 Å². The quantitative estimate of drug-likeness (QED) is 0.165. The fourth-order valence-electron chi connectivity index (χ4n) is 5.98. The molecule has 8 aromatic rings. The van der Waals surface area contributed by atoms with Gasteiger partial charge in [0.2, 0.25) is 5.89 Å². The van der Waals surface area contributed by atoms with E-state index in [2.05, 4.69) is 55.0 Å². The van der Waals surface area contributed by atoms with Crippen LogP contribution in [0.15, 0.2) is 94.0 Å². The van der Waals surface area contributed by atoms with Crippen molar-refractivity contribution >= 4 is 44.1 Å². The van der Waals surface area contributed by atoms with Gasteiger partial charge in [0, 0.05) is 50.2 Å². The molecule has 0 atom stereocenters. The SMILES string of the molecule is CC(C)(C)c1ccnc(-c2[c-]cccc2)c1.[2H]C([2H])([2H])c1cnc(-c2[c-]ccc3c2oc2cc4c(ccc5oc(C(C)(C)C)nc54)nc23)cc1C([2H])([2H])C(C)(C)C.[Ir]. The van der Waals surface area contributed by atoms with Crippen molar-refractivity contribution in [2.45, 2.75) is 86.4 Å². The van der Waals surface area contributed by atoms with Crippen LogP contribution in [0.25, 0.3) is 66.6 Å². The normalized spacial score (nSPS) is 14.2. The molecule has 0 amide bonds. The number of hydrogen-bond acceptors (Lipinski definition) is 6. The van der Waals surface area contributed by atoms with Gasteiger partial charge >= 0.3 is 0 Å². The smallest absolute Gasteiger partial charge is 0.200 e. The maximum Gasteiger partial charge on any atom is 0.200 e. The summed E-state index contributed by atoms with van der Waals surface area (Å²) in [6.45, 7) is 15.5. The zero-order valence-electron chi connectivity index (χ0n) is 36.5. The van der Waals surface area contributed by atoms with E-state index in [0.29, 0.717) is 44.9 Å². The molecule has 0 N–H and O–H groups in total. The fraction of sp³-hybridized carbons (Fsp3) is 0.304. The number of pyridine rings is 3. The Bertz CT molecular complexity index is 2770. The van der Waals surface area contributed by atoms with Crippen LogP contribution in [-0.4, -0.2) is 19.9 Å². The van der Waals surface area contributed by atoms with Crippen LogP contribution in [0, 0.1) is 24.4 Å². The van der Waals surface area contributed by atoms with E-state index < -0.39 is 18.6 Å². The van der Waals surface area contributed by atoms with Gasteiger partial charge in [0.25, 0.3) is 0 Å². The summed E-state index contributed by atoms with van der Waals surface area (Å²) < 4.78 is 54.2. The Labute approximate surface area is 332 Å². The summed E-state index contributed by atoms with van der Waals surface area (Å²) in [4.78, 5) is 18.5. The molecule has 5 heterocycles. The maximum atomic E-state index is 8.87. The summed E-state index contributed by atoms with van der Waals surface area (Å²) in [6.07, 6.45) is 1.17. The third-order valence-corrected chi connectivity index (χ3v) is 8.66. The minimum atomic E-state index is -2.53. The van der Waals surface area contributed by atoms with Gasteiger partial charge in [-0.15, -0.1) is 54.1 Å². The van der Waals surface area contributed by atoms with Gasteiger partial charge in [0.1, 0.15) is 11.1 Å². The van der Waals surface area contributed by atoms with E-state index >= 15 is 0 Å². The molecule has 0 aliphatic rings. The molecule has 8 rings (SSSR count). The van der Waals surface area contributed by atoms with Crippen LogP contribution in [0.1, 0.15) is 91.7 Å². The zero-order valence-corrected chi connectivity index (χ0v) is 33.9. The minimum Gasteiger partial charge on any atom is -0.499 e. The van der Waals surface area contributed by atoms with E-state index in [4.69, 9.17) is 25.7 Å². The fourth-order valence-corrected chi connectivity index (χ4v) is 5.98. The average Bonchev–Trinajstić information content (AvgIpc) is 3.76. The Morgan fingerprint density at radius 3 is 2.23 bits per heavy atom. The van der Waals surface area contributed by atoms with E-state index in [0.717, 1.165) is 27.5 Å². The molecule has 6 nitrogen and oxygen atoms in total. The van der Waals surface area contributed by atoms with E-state index in [1.807, 2.05) is 75.5 Å². The average molecular weight is 884 g/mol. The van der Waals surface area contributed by atoms with Gasteiger partial charge < -0.3 is 18.8 Å². The van der Waals surface area contributed by atoms with Gasteiger partial charge in [0.05, 0.1) is 16.6 Å². The molecule has 0 aliphatic carbocycles. The summed E-state index contributed by atoms with van der Waals surface area (Å²) in [5.74, 6) is 0.638. The summed E-state index contributed by atoms with van der Waals surface area (Å²) >= 11 is 0. The topological polar surface area (TPSA) is 77.8 Å². The first-order chi connectivity index (χ1) is 26.5. The molecule has 0 saturated carbocycles. The Hall–Kier alpha value is -4.71. The number of rotatable bonds is 3. The predicted octanol–water partition coefficient (Wildman–Crippen LogP) is 12.2. The molecule has 0 saturated heterocycles. The second kappa shape index (κ2) is 14.3. The molecule has 0 spiro atoms. The molecular weight excluding hydrogens is 833 g/mol. The number of nitrogens with zero attached hydrogens (tertiary/aromatic N) is 4. The monoisotopic (exact) mass is 884 g/mol. The van der Waals surface area contributed by atoms with Gasteiger partial charge in [-0.1, -0.05) is 85.6 Å². The number of benzene rings is 3. The second-order valence-corrected chi connectivity index (χ2v) is 16.2. The van der Waals surface area contributed by atoms with Crippen molar-refractivity contribution in [3.8, 4) is 22.5 Å². The number of oxazole rings is 1. The molecule has 0 fully saturated rings. The van der Waals surface area contributed by atoms with Crippen LogP contribution < -0.4 is 0 Å². The number of hydrogen-bond donors (Lipinski definition) is 0. The number of furan rings is 1. The van der Waals surface area contributed by atoms with Gasteiger partial charge in [-0.25, -0.2) is 9.97 Å².